The molecule has 1 aromatic heterocycles. The fourth-order valence-corrected chi connectivity index (χ4v) is 3.48. The summed E-state index contributed by atoms with van der Waals surface area (Å²) >= 11 is 6.13. The minimum atomic E-state index is 0.0621. The van der Waals surface area contributed by atoms with Crippen LogP contribution in [-0.2, 0) is 4.79 Å². The molecule has 1 fully saturated rings. The van der Waals surface area contributed by atoms with Gasteiger partial charge in [-0.05, 0) is 25.0 Å². The van der Waals surface area contributed by atoms with Gasteiger partial charge in [0.25, 0.3) is 0 Å². The number of rotatable bonds is 6. The summed E-state index contributed by atoms with van der Waals surface area (Å²) in [6.45, 7) is 0. The first kappa shape index (κ1) is 19.3. The van der Waals surface area contributed by atoms with Crippen LogP contribution in [0.1, 0.15) is 32.1 Å². The second-order valence-corrected chi connectivity index (χ2v) is 6.98. The van der Waals surface area contributed by atoms with Gasteiger partial charge in [-0.15, -0.1) is 0 Å². The molecule has 144 valence electrons. The van der Waals surface area contributed by atoms with E-state index in [0.717, 1.165) is 31.4 Å². The first-order chi connectivity index (χ1) is 13.1. The van der Waals surface area contributed by atoms with E-state index in [2.05, 4.69) is 15.6 Å². The number of carbonyl (C=O) groups is 1. The molecular weight excluding hydrogens is 366 g/mol. The number of hydrogen-bond donors (Lipinski definition) is 2. The number of benzene rings is 1. The fourth-order valence-electron chi connectivity index (χ4n) is 3.25. The molecule has 2 aromatic rings. The molecule has 1 aliphatic rings. The highest BCUT2D eigenvalue weighted by atomic mass is 35.5. The molecule has 0 aliphatic heterocycles. The van der Waals surface area contributed by atoms with E-state index in [-0.39, 0.29) is 11.8 Å². The van der Waals surface area contributed by atoms with Crippen LogP contribution in [0.4, 0.5) is 17.2 Å². The molecule has 0 unspecified atom stereocenters. The largest absolute Gasteiger partial charge is 0.495 e. The summed E-state index contributed by atoms with van der Waals surface area (Å²) in [5, 5.41) is 6.61. The molecule has 1 amide bonds. The van der Waals surface area contributed by atoms with Gasteiger partial charge in [-0.3, -0.25) is 4.79 Å². The minimum Gasteiger partial charge on any atom is -0.495 e. The molecule has 0 saturated heterocycles. The van der Waals surface area contributed by atoms with Gasteiger partial charge in [-0.2, -0.15) is 0 Å². The highest BCUT2D eigenvalue weighted by Gasteiger charge is 2.21. The van der Waals surface area contributed by atoms with Gasteiger partial charge >= 0.3 is 0 Å². The Labute approximate surface area is 164 Å². The number of amides is 1. The Balaban J connectivity index is 1.68. The number of carbonyl (C=O) groups excluding carboxylic acids is 1. The van der Waals surface area contributed by atoms with Crippen molar-refractivity contribution < 1.29 is 14.3 Å². The number of nitrogens with one attached hydrogen (secondary N) is 2. The van der Waals surface area contributed by atoms with Crippen molar-refractivity contribution in [1.82, 2.24) is 4.98 Å². The zero-order chi connectivity index (χ0) is 19.2. The quantitative estimate of drug-likeness (QED) is 0.726. The van der Waals surface area contributed by atoms with Crippen LogP contribution in [0.25, 0.3) is 0 Å². The molecule has 1 saturated carbocycles. The van der Waals surface area contributed by atoms with Gasteiger partial charge in [-0.1, -0.05) is 30.9 Å². The first-order valence-corrected chi connectivity index (χ1v) is 9.44. The molecule has 0 radical (unpaired) electrons. The van der Waals surface area contributed by atoms with Crippen molar-refractivity contribution in [2.75, 3.05) is 24.9 Å². The summed E-state index contributed by atoms with van der Waals surface area (Å²) in [6, 6.07) is 7.08. The Morgan fingerprint density at radius 2 is 1.85 bits per heavy atom. The lowest BCUT2D eigenvalue weighted by Gasteiger charge is -2.20. The third kappa shape index (κ3) is 4.83. The minimum absolute atomic E-state index is 0.0621. The Hall–Kier alpha value is -2.47. The molecule has 27 heavy (non-hydrogen) atoms. The summed E-state index contributed by atoms with van der Waals surface area (Å²) in [4.78, 5) is 16.7. The smallest absolute Gasteiger partial charge is 0.228 e. The molecule has 0 bridgehead atoms. The summed E-state index contributed by atoms with van der Waals surface area (Å²) in [7, 11) is 3.13. The lowest BCUT2D eigenvalue weighted by Crippen LogP contribution is -2.25. The first-order valence-electron chi connectivity index (χ1n) is 9.06. The van der Waals surface area contributed by atoms with Gasteiger partial charge in [0.15, 0.2) is 0 Å². The maximum absolute atomic E-state index is 12.3. The molecule has 6 nitrogen and oxygen atoms in total. The Kier molecular flexibility index (Phi) is 6.40. The van der Waals surface area contributed by atoms with Crippen LogP contribution in [-0.4, -0.2) is 25.1 Å². The summed E-state index contributed by atoms with van der Waals surface area (Å²) in [6.07, 6.45) is 7.06. The van der Waals surface area contributed by atoms with Crippen LogP contribution in [0.5, 0.6) is 11.5 Å². The van der Waals surface area contributed by atoms with Crippen LogP contribution in [0.3, 0.4) is 0 Å². The summed E-state index contributed by atoms with van der Waals surface area (Å²) in [5.74, 6) is 1.85. The van der Waals surface area contributed by atoms with Crippen LogP contribution in [0.15, 0.2) is 30.5 Å². The Bertz CT molecular complexity index is 790. The third-order valence-corrected chi connectivity index (χ3v) is 5.04. The number of methoxy groups -OCH3 is 2. The van der Waals surface area contributed by atoms with Gasteiger partial charge in [0.05, 0.1) is 36.8 Å². The molecule has 0 spiro atoms. The highest BCUT2D eigenvalue weighted by molar-refractivity contribution is 6.32. The third-order valence-electron chi connectivity index (χ3n) is 4.74. The van der Waals surface area contributed by atoms with Gasteiger partial charge in [0, 0.05) is 18.1 Å². The van der Waals surface area contributed by atoms with Crippen LogP contribution in [0.2, 0.25) is 5.02 Å². The monoisotopic (exact) mass is 389 g/mol. The molecule has 3 rings (SSSR count). The number of ether oxygens (including phenoxy) is 2. The zero-order valence-electron chi connectivity index (χ0n) is 15.5. The van der Waals surface area contributed by atoms with Gasteiger partial charge < -0.3 is 20.1 Å². The van der Waals surface area contributed by atoms with E-state index in [1.54, 1.807) is 38.6 Å². The van der Waals surface area contributed by atoms with Gasteiger partial charge in [0.1, 0.15) is 17.3 Å². The van der Waals surface area contributed by atoms with E-state index in [1.807, 2.05) is 6.07 Å². The second kappa shape index (κ2) is 8.95. The zero-order valence-corrected chi connectivity index (χ0v) is 16.3. The van der Waals surface area contributed by atoms with Crippen LogP contribution < -0.4 is 20.1 Å². The predicted molar refractivity (Wildman–Crippen MR) is 107 cm³/mol. The van der Waals surface area contributed by atoms with Crippen molar-refractivity contribution in [2.45, 2.75) is 32.1 Å². The molecule has 0 atom stereocenters. The van der Waals surface area contributed by atoms with Crippen molar-refractivity contribution in [1.29, 1.82) is 0 Å². The van der Waals surface area contributed by atoms with Crippen molar-refractivity contribution in [3.8, 4) is 11.5 Å². The molecular formula is C20H24ClN3O3. The standard InChI is InChI=1S/C20H24ClN3O3/c1-26-17-11-16(18(27-2)10-15(17)21)23-14-8-9-19(22-12-14)24-20(25)13-6-4-3-5-7-13/h8-13,23H,3-7H2,1-2H3,(H,22,24,25). The Morgan fingerprint density at radius 3 is 2.48 bits per heavy atom. The maximum atomic E-state index is 12.3. The van der Waals surface area contributed by atoms with Crippen LogP contribution >= 0.6 is 11.6 Å². The van der Waals surface area contributed by atoms with Crippen molar-refractivity contribution in [3.63, 3.8) is 0 Å². The van der Waals surface area contributed by atoms with Gasteiger partial charge in [-0.25, -0.2) is 4.98 Å². The summed E-state index contributed by atoms with van der Waals surface area (Å²) in [5.41, 5.74) is 1.47. The number of nitrogens with zero attached hydrogens (tertiary/aromatic N) is 1. The second-order valence-electron chi connectivity index (χ2n) is 6.57. The summed E-state index contributed by atoms with van der Waals surface area (Å²) < 4.78 is 10.6. The maximum Gasteiger partial charge on any atom is 0.228 e. The normalized spacial score (nSPS) is 14.5. The number of anilines is 3. The highest BCUT2D eigenvalue weighted by Crippen LogP contribution is 2.37. The van der Waals surface area contributed by atoms with Crippen molar-refractivity contribution >= 4 is 34.7 Å². The average molecular weight is 390 g/mol. The molecule has 1 aliphatic carbocycles. The molecule has 7 heteroatoms. The van der Waals surface area contributed by atoms with Crippen molar-refractivity contribution in [3.05, 3.63) is 35.5 Å². The van der Waals surface area contributed by atoms with Crippen molar-refractivity contribution in [2.24, 2.45) is 5.92 Å². The topological polar surface area (TPSA) is 72.5 Å². The van der Waals surface area contributed by atoms with E-state index in [4.69, 9.17) is 21.1 Å². The van der Waals surface area contributed by atoms with Crippen LogP contribution in [0, 0.1) is 5.92 Å². The van der Waals surface area contributed by atoms with E-state index in [9.17, 15) is 4.79 Å². The number of hydrogen-bond acceptors (Lipinski definition) is 5. The molecule has 2 N–H and O–H groups in total. The van der Waals surface area contributed by atoms with E-state index in [0.29, 0.717) is 28.0 Å². The number of aromatic nitrogens is 1. The fraction of sp³-hybridized carbons (Fsp3) is 0.400. The SMILES string of the molecule is COc1cc(Nc2ccc(NC(=O)C3CCCCC3)nc2)c(OC)cc1Cl. The Morgan fingerprint density at radius 1 is 1.11 bits per heavy atom. The number of pyridine rings is 1. The number of halogens is 1. The lowest BCUT2D eigenvalue weighted by atomic mass is 9.89. The average Bonchev–Trinajstić information content (AvgIpc) is 2.71. The van der Waals surface area contributed by atoms with E-state index in [1.165, 1.54) is 6.42 Å². The molecule has 1 aromatic carbocycles. The van der Waals surface area contributed by atoms with E-state index >= 15 is 0 Å². The van der Waals surface area contributed by atoms with E-state index < -0.39 is 0 Å². The van der Waals surface area contributed by atoms with Gasteiger partial charge in [0.2, 0.25) is 5.91 Å². The molecule has 1 heterocycles. The lowest BCUT2D eigenvalue weighted by molar-refractivity contribution is -0.120. The predicted octanol–water partition coefficient (Wildman–Crippen LogP) is 5.01.